The Balaban J connectivity index is 2.18. The highest BCUT2D eigenvalue weighted by atomic mass is 16.1. The normalized spacial score (nSPS) is 15.8. The number of allylic oxidation sites excluding steroid dienone is 1. The zero-order valence-corrected chi connectivity index (χ0v) is 18.5. The smallest absolute Gasteiger partial charge is 0.236 e. The van der Waals surface area contributed by atoms with E-state index in [9.17, 15) is 4.79 Å². The van der Waals surface area contributed by atoms with Gasteiger partial charge in [0.1, 0.15) is 11.7 Å². The highest BCUT2D eigenvalue weighted by molar-refractivity contribution is 6.20. The summed E-state index contributed by atoms with van der Waals surface area (Å²) in [5.74, 6) is -0.132. The fourth-order valence-corrected chi connectivity index (χ4v) is 3.71. The van der Waals surface area contributed by atoms with E-state index >= 15 is 0 Å². The highest BCUT2D eigenvalue weighted by Crippen LogP contribution is 2.40. The molecule has 1 amide bonds. The van der Waals surface area contributed by atoms with E-state index in [-0.39, 0.29) is 18.3 Å². The number of rotatable bonds is 6. The summed E-state index contributed by atoms with van der Waals surface area (Å²) in [4.78, 5) is 14.7. The molecule has 0 unspecified atom stereocenters. The molecule has 2 aromatic rings. The predicted molar refractivity (Wildman–Crippen MR) is 131 cm³/mol. The van der Waals surface area contributed by atoms with E-state index < -0.39 is 5.91 Å². The molecule has 1 heterocycles. The van der Waals surface area contributed by atoms with Gasteiger partial charge in [0.25, 0.3) is 0 Å². The quantitative estimate of drug-likeness (QED) is 0.343. The van der Waals surface area contributed by atoms with E-state index in [2.05, 4.69) is 16.3 Å². The molecule has 0 saturated carbocycles. The van der Waals surface area contributed by atoms with Crippen LogP contribution in [0.1, 0.15) is 25.0 Å². The summed E-state index contributed by atoms with van der Waals surface area (Å²) in [6, 6.07) is 14.9. The molecule has 0 spiro atoms. The van der Waals surface area contributed by atoms with E-state index in [1.54, 1.807) is 30.2 Å². The lowest BCUT2D eigenvalue weighted by atomic mass is 10.0. The Kier molecular flexibility index (Phi) is 6.88. The molecule has 0 radical (unpaired) electrons. The van der Waals surface area contributed by atoms with E-state index in [4.69, 9.17) is 27.2 Å². The third-order valence-corrected chi connectivity index (χ3v) is 5.34. The fourth-order valence-electron chi connectivity index (χ4n) is 3.71. The molecular weight excluding hydrogens is 416 g/mol. The standard InChI is InChI=1S/C24H26N8O/c1-15-14-31(20-6-3-17(10-25)4-7-20)22-9-18(19(11-26)12-30-13-23(28)33)5-8-21(22)32(16(2)27)24(15)29/h3-9,11-12,15,26-27,29-30H,13-14H2,1-2H3,(H2,28,33)/b19-12+,26-11?,27-16?,29-24?/t15-/m1/s1. The van der Waals surface area contributed by atoms with Gasteiger partial charge in [-0.25, -0.2) is 0 Å². The Hall–Kier alpha value is -4.45. The summed E-state index contributed by atoms with van der Waals surface area (Å²) >= 11 is 0. The molecule has 9 nitrogen and oxygen atoms in total. The van der Waals surface area contributed by atoms with Crippen molar-refractivity contribution in [3.8, 4) is 6.07 Å². The van der Waals surface area contributed by atoms with Crippen molar-refractivity contribution in [1.29, 1.82) is 21.5 Å². The van der Waals surface area contributed by atoms with Crippen molar-refractivity contribution in [3.05, 3.63) is 59.8 Å². The third-order valence-electron chi connectivity index (χ3n) is 5.34. The van der Waals surface area contributed by atoms with Gasteiger partial charge >= 0.3 is 0 Å². The van der Waals surface area contributed by atoms with Crippen LogP contribution in [0.4, 0.5) is 17.1 Å². The van der Waals surface area contributed by atoms with Gasteiger partial charge in [0.2, 0.25) is 5.91 Å². The van der Waals surface area contributed by atoms with Crippen molar-refractivity contribution >= 4 is 46.4 Å². The summed E-state index contributed by atoms with van der Waals surface area (Å²) in [7, 11) is 0. The van der Waals surface area contributed by atoms with Crippen molar-refractivity contribution in [2.75, 3.05) is 22.9 Å². The number of benzene rings is 2. The Morgan fingerprint density at radius 2 is 1.97 bits per heavy atom. The zero-order chi connectivity index (χ0) is 24.1. The van der Waals surface area contributed by atoms with E-state index in [1.165, 1.54) is 6.21 Å². The first-order valence-electron chi connectivity index (χ1n) is 10.3. The molecule has 1 aliphatic heterocycles. The number of anilines is 3. The number of nitrogens with zero attached hydrogens (tertiary/aromatic N) is 3. The number of fused-ring (bicyclic) bond motifs is 1. The number of nitrogens with two attached hydrogens (primary N) is 1. The maximum atomic E-state index is 11.0. The Morgan fingerprint density at radius 3 is 2.55 bits per heavy atom. The number of amides is 1. The summed E-state index contributed by atoms with van der Waals surface area (Å²) in [5.41, 5.74) is 9.30. The number of nitrogens with one attached hydrogen (secondary N) is 4. The molecule has 1 atom stereocenters. The molecule has 6 N–H and O–H groups in total. The minimum absolute atomic E-state index is 0.0465. The lowest BCUT2D eigenvalue weighted by Crippen LogP contribution is -2.38. The number of primary amides is 1. The summed E-state index contributed by atoms with van der Waals surface area (Å²) in [6.07, 6.45) is 2.75. The van der Waals surface area contributed by atoms with Gasteiger partial charge in [-0.3, -0.25) is 20.5 Å². The second-order valence-corrected chi connectivity index (χ2v) is 7.77. The van der Waals surface area contributed by atoms with Gasteiger partial charge in [0.15, 0.2) is 0 Å². The van der Waals surface area contributed by atoms with Crippen LogP contribution in [-0.2, 0) is 4.79 Å². The summed E-state index contributed by atoms with van der Waals surface area (Å²) < 4.78 is 0. The minimum atomic E-state index is -0.505. The van der Waals surface area contributed by atoms with Crippen LogP contribution in [0.2, 0.25) is 0 Å². The minimum Gasteiger partial charge on any atom is -0.382 e. The molecule has 0 aromatic heterocycles. The lowest BCUT2D eigenvalue weighted by molar-refractivity contribution is -0.117. The molecule has 0 bridgehead atoms. The Morgan fingerprint density at radius 1 is 1.27 bits per heavy atom. The Labute approximate surface area is 192 Å². The summed E-state index contributed by atoms with van der Waals surface area (Å²) in [5, 5.41) is 36.8. The van der Waals surface area contributed by atoms with Gasteiger partial charge in [0, 0.05) is 36.1 Å². The zero-order valence-electron chi connectivity index (χ0n) is 18.5. The second kappa shape index (κ2) is 9.78. The van der Waals surface area contributed by atoms with Crippen LogP contribution in [0, 0.1) is 33.5 Å². The Bertz CT molecular complexity index is 1180. The lowest BCUT2D eigenvalue weighted by Gasteiger charge is -2.28. The van der Waals surface area contributed by atoms with Gasteiger partial charge in [-0.1, -0.05) is 13.0 Å². The number of hydrogen-bond acceptors (Lipinski definition) is 7. The second-order valence-electron chi connectivity index (χ2n) is 7.77. The fraction of sp³-hybridized carbons (Fsp3) is 0.208. The van der Waals surface area contributed by atoms with Crippen molar-refractivity contribution in [2.24, 2.45) is 11.7 Å². The van der Waals surface area contributed by atoms with Crippen LogP contribution in [0.25, 0.3) is 5.57 Å². The van der Waals surface area contributed by atoms with Gasteiger partial charge in [0.05, 0.1) is 29.6 Å². The first-order chi connectivity index (χ1) is 15.8. The molecule has 0 aliphatic carbocycles. The van der Waals surface area contributed by atoms with E-state index in [0.29, 0.717) is 29.2 Å². The average Bonchev–Trinajstić information content (AvgIpc) is 2.90. The molecule has 33 heavy (non-hydrogen) atoms. The third kappa shape index (κ3) is 4.91. The van der Waals surface area contributed by atoms with Gasteiger partial charge in [-0.05, 0) is 48.9 Å². The van der Waals surface area contributed by atoms with E-state index in [0.717, 1.165) is 16.9 Å². The van der Waals surface area contributed by atoms with Crippen LogP contribution in [0.5, 0.6) is 0 Å². The molecule has 9 heteroatoms. The number of amidine groups is 2. The van der Waals surface area contributed by atoms with Gasteiger partial charge in [-0.2, -0.15) is 5.26 Å². The SMILES string of the molecule is CC(=N)N1C(=N)[C@H](C)CN(c2ccc(C#N)cc2)c2cc(/C(C=N)=C/NCC(N)=O)ccc21. The van der Waals surface area contributed by atoms with Crippen LogP contribution in [-0.4, -0.2) is 36.9 Å². The molecular formula is C24H26N8O. The van der Waals surface area contributed by atoms with Crippen molar-refractivity contribution in [1.82, 2.24) is 5.32 Å². The van der Waals surface area contributed by atoms with Crippen LogP contribution < -0.4 is 20.9 Å². The average molecular weight is 443 g/mol. The highest BCUT2D eigenvalue weighted by Gasteiger charge is 2.31. The number of carbonyl (C=O) groups is 1. The number of nitriles is 1. The van der Waals surface area contributed by atoms with Crippen LogP contribution in [0.3, 0.4) is 0 Å². The molecule has 3 rings (SSSR count). The van der Waals surface area contributed by atoms with Crippen LogP contribution in [0.15, 0.2) is 48.7 Å². The first-order valence-corrected chi connectivity index (χ1v) is 10.3. The maximum absolute atomic E-state index is 11.0. The van der Waals surface area contributed by atoms with Crippen molar-refractivity contribution < 1.29 is 4.79 Å². The molecule has 1 aliphatic rings. The monoisotopic (exact) mass is 442 g/mol. The summed E-state index contributed by atoms with van der Waals surface area (Å²) in [6.45, 7) is 4.04. The van der Waals surface area contributed by atoms with Crippen molar-refractivity contribution in [2.45, 2.75) is 13.8 Å². The van der Waals surface area contributed by atoms with Crippen molar-refractivity contribution in [3.63, 3.8) is 0 Å². The number of hydrogen-bond donors (Lipinski definition) is 5. The van der Waals surface area contributed by atoms with E-state index in [1.807, 2.05) is 37.3 Å². The number of carbonyl (C=O) groups excluding carboxylic acids is 1. The topological polar surface area (TPSA) is 157 Å². The van der Waals surface area contributed by atoms with Gasteiger partial charge in [-0.15, -0.1) is 0 Å². The molecule has 2 aromatic carbocycles. The first kappa shape index (κ1) is 23.2. The largest absolute Gasteiger partial charge is 0.382 e. The predicted octanol–water partition coefficient (Wildman–Crippen LogP) is 3.19. The molecule has 168 valence electrons. The molecule has 0 fully saturated rings. The molecule has 0 saturated heterocycles. The van der Waals surface area contributed by atoms with Gasteiger partial charge < -0.3 is 21.4 Å². The maximum Gasteiger partial charge on any atom is 0.236 e. The van der Waals surface area contributed by atoms with Crippen LogP contribution >= 0.6 is 0 Å².